The second-order valence-electron chi connectivity index (χ2n) is 7.65. The van der Waals surface area contributed by atoms with Crippen LogP contribution in [0.5, 0.6) is 11.5 Å². The lowest BCUT2D eigenvalue weighted by molar-refractivity contribution is 0.0746. The fourth-order valence-corrected chi connectivity index (χ4v) is 4.09. The van der Waals surface area contributed by atoms with Crippen LogP contribution in [0.15, 0.2) is 72.8 Å². The number of halogens is 1. The van der Waals surface area contributed by atoms with Crippen LogP contribution >= 0.6 is 0 Å². The lowest BCUT2D eigenvalue weighted by atomic mass is 9.94. The molecule has 0 amide bonds. The topological polar surface area (TPSA) is 62.2 Å². The second-order valence-corrected chi connectivity index (χ2v) is 7.65. The van der Waals surface area contributed by atoms with Gasteiger partial charge in [0.2, 0.25) is 0 Å². The normalized spacial score (nSPS) is 19.4. The number of nitrogens with zero attached hydrogens (tertiary/aromatic N) is 1. The van der Waals surface area contributed by atoms with E-state index in [-0.39, 0.29) is 23.7 Å². The summed E-state index contributed by atoms with van der Waals surface area (Å²) in [5.41, 5.74) is 2.40. The molecule has 4 rings (SSSR count). The molecule has 3 aromatic rings. The minimum atomic E-state index is -0.722. The predicted molar refractivity (Wildman–Crippen MR) is 117 cm³/mol. The molecular weight excluding hydrogens is 397 g/mol. The van der Waals surface area contributed by atoms with E-state index >= 15 is 0 Å². The monoisotopic (exact) mass is 423 g/mol. The summed E-state index contributed by atoms with van der Waals surface area (Å²) in [7, 11) is 1.56. The van der Waals surface area contributed by atoms with Gasteiger partial charge >= 0.3 is 0 Å². The molecule has 2 N–H and O–H groups in total. The maximum absolute atomic E-state index is 13.2. The molecule has 0 saturated carbocycles. The fourth-order valence-electron chi connectivity index (χ4n) is 4.09. The maximum atomic E-state index is 13.2. The molecule has 1 saturated heterocycles. The highest BCUT2D eigenvalue weighted by atomic mass is 19.1. The largest absolute Gasteiger partial charge is 0.507 e. The SMILES string of the molecule is COc1ccc(C2C(CCC(O)c3ccc(F)cc3)OCN2c2ccccc2)c(O)c1. The van der Waals surface area contributed by atoms with Crippen molar-refractivity contribution in [2.45, 2.75) is 31.1 Å². The molecule has 3 aromatic carbocycles. The molecule has 1 heterocycles. The minimum absolute atomic E-state index is 0.139. The van der Waals surface area contributed by atoms with Crippen LogP contribution in [-0.4, -0.2) is 30.2 Å². The van der Waals surface area contributed by atoms with E-state index in [1.807, 2.05) is 42.5 Å². The van der Waals surface area contributed by atoms with Crippen LogP contribution in [-0.2, 0) is 4.74 Å². The number of anilines is 1. The van der Waals surface area contributed by atoms with Gasteiger partial charge in [0, 0.05) is 17.3 Å². The summed E-state index contributed by atoms with van der Waals surface area (Å²) in [4.78, 5) is 2.11. The van der Waals surface area contributed by atoms with Crippen LogP contribution in [0.4, 0.5) is 10.1 Å². The van der Waals surface area contributed by atoms with Crippen LogP contribution in [0, 0.1) is 5.82 Å². The van der Waals surface area contributed by atoms with Gasteiger partial charge in [0.15, 0.2) is 0 Å². The minimum Gasteiger partial charge on any atom is -0.507 e. The van der Waals surface area contributed by atoms with Gasteiger partial charge in [-0.1, -0.05) is 30.3 Å². The molecule has 6 heteroatoms. The van der Waals surface area contributed by atoms with E-state index in [0.29, 0.717) is 30.9 Å². The molecule has 3 atom stereocenters. The van der Waals surface area contributed by atoms with Crippen LogP contribution in [0.25, 0.3) is 0 Å². The number of phenolic OH excluding ortho intramolecular Hbond substituents is 1. The molecule has 1 aliphatic rings. The third kappa shape index (κ3) is 4.65. The summed E-state index contributed by atoms with van der Waals surface area (Å²) in [6, 6.07) is 20.8. The summed E-state index contributed by atoms with van der Waals surface area (Å²) in [5, 5.41) is 21.3. The first-order valence-electron chi connectivity index (χ1n) is 10.3. The van der Waals surface area contributed by atoms with Crippen LogP contribution < -0.4 is 9.64 Å². The van der Waals surface area contributed by atoms with Crippen LogP contribution in [0.2, 0.25) is 0 Å². The van der Waals surface area contributed by atoms with Gasteiger partial charge in [0.1, 0.15) is 24.0 Å². The molecule has 0 aliphatic carbocycles. The van der Waals surface area contributed by atoms with Crippen molar-refractivity contribution in [2.24, 2.45) is 0 Å². The van der Waals surface area contributed by atoms with E-state index in [1.54, 1.807) is 25.3 Å². The van der Waals surface area contributed by atoms with Gasteiger partial charge in [0.25, 0.3) is 0 Å². The Labute approximate surface area is 181 Å². The van der Waals surface area contributed by atoms with Gasteiger partial charge in [-0.05, 0) is 54.8 Å². The molecule has 0 radical (unpaired) electrons. The highest BCUT2D eigenvalue weighted by molar-refractivity contribution is 5.53. The summed E-state index contributed by atoms with van der Waals surface area (Å²) < 4.78 is 24.5. The zero-order chi connectivity index (χ0) is 21.8. The number of phenols is 1. The van der Waals surface area contributed by atoms with Gasteiger partial charge in [-0.25, -0.2) is 4.39 Å². The smallest absolute Gasteiger partial charge is 0.124 e. The molecule has 5 nitrogen and oxygen atoms in total. The number of ether oxygens (including phenoxy) is 2. The van der Waals surface area contributed by atoms with Gasteiger partial charge < -0.3 is 24.6 Å². The Morgan fingerprint density at radius 1 is 1.10 bits per heavy atom. The lowest BCUT2D eigenvalue weighted by Crippen LogP contribution is -2.27. The zero-order valence-electron chi connectivity index (χ0n) is 17.3. The summed E-state index contributed by atoms with van der Waals surface area (Å²) in [6.45, 7) is 0.372. The number of hydrogen-bond acceptors (Lipinski definition) is 5. The number of aliphatic hydroxyl groups excluding tert-OH is 1. The van der Waals surface area contributed by atoms with Crippen LogP contribution in [0.3, 0.4) is 0 Å². The summed E-state index contributed by atoms with van der Waals surface area (Å²) >= 11 is 0. The number of methoxy groups -OCH3 is 1. The van der Waals surface area contributed by atoms with Crippen molar-refractivity contribution in [2.75, 3.05) is 18.7 Å². The van der Waals surface area contributed by atoms with Crippen molar-refractivity contribution >= 4 is 5.69 Å². The first-order valence-corrected chi connectivity index (χ1v) is 10.3. The Kier molecular flexibility index (Phi) is 6.39. The van der Waals surface area contributed by atoms with E-state index in [1.165, 1.54) is 12.1 Å². The number of benzene rings is 3. The molecule has 3 unspecified atom stereocenters. The number of aliphatic hydroxyl groups is 1. The van der Waals surface area contributed by atoms with Crippen molar-refractivity contribution in [1.29, 1.82) is 0 Å². The third-order valence-corrected chi connectivity index (χ3v) is 5.74. The second kappa shape index (κ2) is 9.37. The predicted octanol–water partition coefficient (Wildman–Crippen LogP) is 4.96. The highest BCUT2D eigenvalue weighted by Crippen LogP contribution is 2.42. The Bertz CT molecular complexity index is 996. The average molecular weight is 423 g/mol. The van der Waals surface area contributed by atoms with Crippen LogP contribution in [0.1, 0.15) is 36.1 Å². The Morgan fingerprint density at radius 3 is 2.52 bits per heavy atom. The van der Waals surface area contributed by atoms with E-state index in [4.69, 9.17) is 9.47 Å². The molecule has 31 heavy (non-hydrogen) atoms. The van der Waals surface area contributed by atoms with E-state index < -0.39 is 6.10 Å². The molecule has 0 aromatic heterocycles. The van der Waals surface area contributed by atoms with E-state index in [9.17, 15) is 14.6 Å². The van der Waals surface area contributed by atoms with Gasteiger partial charge in [-0.15, -0.1) is 0 Å². The standard InChI is InChI=1S/C25H26FNO4/c1-30-20-11-12-21(23(29)15-20)25-24(31-16-27(25)19-5-3-2-4-6-19)14-13-22(28)17-7-9-18(26)10-8-17/h2-12,15,22,24-25,28-29H,13-14,16H2,1H3. The van der Waals surface area contributed by atoms with E-state index in [0.717, 1.165) is 11.3 Å². The molecule has 1 aliphatic heterocycles. The lowest BCUT2D eigenvalue weighted by Gasteiger charge is -2.29. The van der Waals surface area contributed by atoms with Crippen molar-refractivity contribution in [3.63, 3.8) is 0 Å². The molecule has 162 valence electrons. The third-order valence-electron chi connectivity index (χ3n) is 5.74. The Morgan fingerprint density at radius 2 is 1.84 bits per heavy atom. The summed E-state index contributed by atoms with van der Waals surface area (Å²) in [5.74, 6) is 0.387. The number of hydrogen-bond donors (Lipinski definition) is 2. The fraction of sp³-hybridized carbons (Fsp3) is 0.280. The zero-order valence-corrected chi connectivity index (χ0v) is 17.3. The number of rotatable bonds is 7. The molecule has 0 bridgehead atoms. The summed E-state index contributed by atoms with van der Waals surface area (Å²) in [6.07, 6.45) is 0.0550. The maximum Gasteiger partial charge on any atom is 0.124 e. The Balaban J connectivity index is 1.58. The van der Waals surface area contributed by atoms with Gasteiger partial charge in [0.05, 0.1) is 25.4 Å². The van der Waals surface area contributed by atoms with Crippen molar-refractivity contribution < 1.29 is 24.1 Å². The average Bonchev–Trinajstić information content (AvgIpc) is 3.22. The van der Waals surface area contributed by atoms with Crippen molar-refractivity contribution in [3.8, 4) is 11.5 Å². The van der Waals surface area contributed by atoms with Gasteiger partial charge in [-0.2, -0.15) is 0 Å². The quantitative estimate of drug-likeness (QED) is 0.563. The highest BCUT2D eigenvalue weighted by Gasteiger charge is 2.38. The molecule has 0 spiro atoms. The molecule has 1 fully saturated rings. The van der Waals surface area contributed by atoms with Gasteiger partial charge in [-0.3, -0.25) is 0 Å². The number of aromatic hydroxyl groups is 1. The first kappa shape index (κ1) is 21.2. The van der Waals surface area contributed by atoms with Crippen molar-refractivity contribution in [1.82, 2.24) is 0 Å². The Hall–Kier alpha value is -3.09. The molecular formula is C25H26FNO4. The number of para-hydroxylation sites is 1. The first-order chi connectivity index (χ1) is 15.1. The van der Waals surface area contributed by atoms with E-state index in [2.05, 4.69) is 4.90 Å². The van der Waals surface area contributed by atoms with Crippen molar-refractivity contribution in [3.05, 3.63) is 89.7 Å².